The minimum absolute atomic E-state index is 0.822. The van der Waals surface area contributed by atoms with Crippen molar-refractivity contribution in [3.63, 3.8) is 0 Å². The van der Waals surface area contributed by atoms with Gasteiger partial charge in [0.1, 0.15) is 0 Å². The summed E-state index contributed by atoms with van der Waals surface area (Å²) in [6.07, 6.45) is 18.4. The molecule has 3 unspecified atom stereocenters. The zero-order valence-electron chi connectivity index (χ0n) is 11.6. The standard InChI is InChI=1S/C17H28/c1-14-13-15(2)17-12-10-8-6-4-3-5-7-9-11-16(14)17/h7,9,11,14-15,17H,3-6,8,10,12-13H2,1-2H3/b9-7-,16-11-. The van der Waals surface area contributed by atoms with Gasteiger partial charge < -0.3 is 0 Å². The molecule has 0 heteroatoms. The maximum Gasteiger partial charge on any atom is -0.0171 e. The Balaban J connectivity index is 2.08. The summed E-state index contributed by atoms with van der Waals surface area (Å²) in [6.45, 7) is 4.87. The van der Waals surface area contributed by atoms with Crippen LogP contribution in [0.15, 0.2) is 23.8 Å². The van der Waals surface area contributed by atoms with Crippen LogP contribution in [-0.4, -0.2) is 0 Å². The molecular weight excluding hydrogens is 204 g/mol. The summed E-state index contributed by atoms with van der Waals surface area (Å²) in [4.78, 5) is 0. The number of hydrogen-bond acceptors (Lipinski definition) is 0. The van der Waals surface area contributed by atoms with Crippen molar-refractivity contribution in [2.24, 2.45) is 17.8 Å². The van der Waals surface area contributed by atoms with Crippen molar-refractivity contribution in [2.45, 2.75) is 65.2 Å². The monoisotopic (exact) mass is 232 g/mol. The van der Waals surface area contributed by atoms with Gasteiger partial charge in [0.2, 0.25) is 0 Å². The predicted octanol–water partition coefficient (Wildman–Crippen LogP) is 5.51. The molecule has 1 fully saturated rings. The van der Waals surface area contributed by atoms with Crippen molar-refractivity contribution in [3.8, 4) is 0 Å². The van der Waals surface area contributed by atoms with Gasteiger partial charge in [0, 0.05) is 0 Å². The summed E-state index contributed by atoms with van der Waals surface area (Å²) >= 11 is 0. The van der Waals surface area contributed by atoms with Gasteiger partial charge in [-0.1, -0.05) is 63.3 Å². The summed E-state index contributed by atoms with van der Waals surface area (Å²) in [5.74, 6) is 2.62. The van der Waals surface area contributed by atoms with Crippen LogP contribution in [0.1, 0.15) is 65.2 Å². The van der Waals surface area contributed by atoms with Gasteiger partial charge in [0.15, 0.2) is 0 Å². The number of fused-ring (bicyclic) bond motifs is 1. The Labute approximate surface area is 107 Å². The second kappa shape index (κ2) is 6.42. The Morgan fingerprint density at radius 3 is 2.65 bits per heavy atom. The van der Waals surface area contributed by atoms with Crippen molar-refractivity contribution in [3.05, 3.63) is 23.8 Å². The Kier molecular flexibility index (Phi) is 4.88. The van der Waals surface area contributed by atoms with E-state index in [1.807, 2.05) is 0 Å². The average Bonchev–Trinajstić information content (AvgIpc) is 2.54. The first-order valence-electron chi connectivity index (χ1n) is 7.65. The van der Waals surface area contributed by atoms with Crippen LogP contribution in [0, 0.1) is 17.8 Å². The highest BCUT2D eigenvalue weighted by atomic mass is 14.4. The molecular formula is C17H28. The fourth-order valence-electron chi connectivity index (χ4n) is 3.72. The molecule has 0 saturated heterocycles. The van der Waals surface area contributed by atoms with Gasteiger partial charge >= 0.3 is 0 Å². The zero-order valence-corrected chi connectivity index (χ0v) is 11.6. The fourth-order valence-corrected chi connectivity index (χ4v) is 3.72. The van der Waals surface area contributed by atoms with Gasteiger partial charge in [-0.05, 0) is 43.4 Å². The summed E-state index contributed by atoms with van der Waals surface area (Å²) in [6, 6.07) is 0. The summed E-state index contributed by atoms with van der Waals surface area (Å²) in [5, 5.41) is 0. The van der Waals surface area contributed by atoms with Gasteiger partial charge in [-0.2, -0.15) is 0 Å². The fraction of sp³-hybridized carbons (Fsp3) is 0.765. The quantitative estimate of drug-likeness (QED) is 0.517. The van der Waals surface area contributed by atoms with E-state index in [0.717, 1.165) is 17.8 Å². The normalized spacial score (nSPS) is 40.6. The van der Waals surface area contributed by atoms with E-state index in [1.54, 1.807) is 5.57 Å². The minimum Gasteiger partial charge on any atom is -0.0845 e. The molecule has 0 spiro atoms. The van der Waals surface area contributed by atoms with Crippen LogP contribution >= 0.6 is 0 Å². The first-order chi connectivity index (χ1) is 8.29. The molecule has 3 atom stereocenters. The van der Waals surface area contributed by atoms with E-state index < -0.39 is 0 Å². The lowest BCUT2D eigenvalue weighted by molar-refractivity contribution is 0.408. The van der Waals surface area contributed by atoms with Gasteiger partial charge in [-0.25, -0.2) is 0 Å². The molecule has 1 saturated carbocycles. The zero-order chi connectivity index (χ0) is 12.1. The second-order valence-corrected chi connectivity index (χ2v) is 6.16. The highest BCUT2D eigenvalue weighted by molar-refractivity contribution is 5.22. The molecule has 0 aromatic carbocycles. The summed E-state index contributed by atoms with van der Waals surface area (Å²) in [5.41, 5.74) is 1.74. The molecule has 2 aliphatic rings. The third-order valence-corrected chi connectivity index (χ3v) is 4.72. The van der Waals surface area contributed by atoms with Gasteiger partial charge in [-0.3, -0.25) is 0 Å². The molecule has 0 heterocycles. The molecule has 0 aromatic rings. The topological polar surface area (TPSA) is 0 Å². The number of rotatable bonds is 0. The van der Waals surface area contributed by atoms with E-state index in [2.05, 4.69) is 32.1 Å². The molecule has 0 aliphatic heterocycles. The molecule has 2 aliphatic carbocycles. The Morgan fingerprint density at radius 1 is 1.00 bits per heavy atom. The lowest BCUT2D eigenvalue weighted by Crippen LogP contribution is -2.06. The third kappa shape index (κ3) is 3.47. The van der Waals surface area contributed by atoms with Crippen LogP contribution in [0.3, 0.4) is 0 Å². The number of hydrogen-bond donors (Lipinski definition) is 0. The average molecular weight is 232 g/mol. The molecule has 0 nitrogen and oxygen atoms in total. The lowest BCUT2D eigenvalue weighted by atomic mass is 9.88. The van der Waals surface area contributed by atoms with Crippen LogP contribution in [0.25, 0.3) is 0 Å². The molecule has 96 valence electrons. The maximum absolute atomic E-state index is 2.46. The molecule has 17 heavy (non-hydrogen) atoms. The van der Waals surface area contributed by atoms with E-state index in [9.17, 15) is 0 Å². The van der Waals surface area contributed by atoms with Crippen LogP contribution in [0.5, 0.6) is 0 Å². The van der Waals surface area contributed by atoms with Crippen LogP contribution in [0.2, 0.25) is 0 Å². The highest BCUT2D eigenvalue weighted by Crippen LogP contribution is 2.43. The van der Waals surface area contributed by atoms with Gasteiger partial charge in [0.25, 0.3) is 0 Å². The van der Waals surface area contributed by atoms with Crippen molar-refractivity contribution in [1.29, 1.82) is 0 Å². The first-order valence-corrected chi connectivity index (χ1v) is 7.65. The van der Waals surface area contributed by atoms with Crippen LogP contribution in [0.4, 0.5) is 0 Å². The second-order valence-electron chi connectivity index (χ2n) is 6.16. The summed E-state index contributed by atoms with van der Waals surface area (Å²) in [7, 11) is 0. The van der Waals surface area contributed by atoms with Crippen molar-refractivity contribution < 1.29 is 0 Å². The largest absolute Gasteiger partial charge is 0.0845 e. The smallest absolute Gasteiger partial charge is 0.0171 e. The Morgan fingerprint density at radius 2 is 1.76 bits per heavy atom. The SMILES string of the molecule is CC1CC(C)C2CCCCCCC/C=C\C=C\12. The van der Waals surface area contributed by atoms with Crippen LogP contribution < -0.4 is 0 Å². The van der Waals surface area contributed by atoms with E-state index in [1.165, 1.54) is 51.4 Å². The minimum atomic E-state index is 0.822. The van der Waals surface area contributed by atoms with E-state index in [4.69, 9.17) is 0 Å². The van der Waals surface area contributed by atoms with Crippen molar-refractivity contribution in [2.75, 3.05) is 0 Å². The lowest BCUT2D eigenvalue weighted by Gasteiger charge is -2.18. The Bertz CT molecular complexity index is 284. The molecule has 0 bridgehead atoms. The van der Waals surface area contributed by atoms with E-state index in [-0.39, 0.29) is 0 Å². The van der Waals surface area contributed by atoms with Gasteiger partial charge in [-0.15, -0.1) is 0 Å². The highest BCUT2D eigenvalue weighted by Gasteiger charge is 2.32. The van der Waals surface area contributed by atoms with Crippen LogP contribution in [-0.2, 0) is 0 Å². The Hall–Kier alpha value is -0.520. The first kappa shape index (κ1) is 12.9. The van der Waals surface area contributed by atoms with Gasteiger partial charge in [0.05, 0.1) is 0 Å². The molecule has 0 aromatic heterocycles. The number of allylic oxidation sites excluding steroid dienone is 4. The molecule has 0 amide bonds. The summed E-state index contributed by atoms with van der Waals surface area (Å²) < 4.78 is 0. The molecule has 2 rings (SSSR count). The van der Waals surface area contributed by atoms with Crippen molar-refractivity contribution in [1.82, 2.24) is 0 Å². The van der Waals surface area contributed by atoms with E-state index >= 15 is 0 Å². The molecule has 0 radical (unpaired) electrons. The maximum atomic E-state index is 2.46. The molecule has 0 N–H and O–H groups in total. The van der Waals surface area contributed by atoms with E-state index in [0.29, 0.717) is 0 Å². The van der Waals surface area contributed by atoms with Crippen molar-refractivity contribution >= 4 is 0 Å². The third-order valence-electron chi connectivity index (χ3n) is 4.72. The predicted molar refractivity (Wildman–Crippen MR) is 76.0 cm³/mol.